The minimum Gasteiger partial charge on any atom is -0.328 e. The van der Waals surface area contributed by atoms with Crippen LogP contribution >= 0.6 is 7.37 Å². The predicted molar refractivity (Wildman–Crippen MR) is 59.1 cm³/mol. The first-order valence-electron chi connectivity index (χ1n) is 5.09. The SMILES string of the molecule is CCOP(=O)(CC(=O)C(C)C)C(C)C. The van der Waals surface area contributed by atoms with Crippen molar-refractivity contribution in [3.8, 4) is 0 Å². The maximum atomic E-state index is 12.2. The first-order valence-corrected chi connectivity index (χ1v) is 6.97. The molecule has 1 unspecified atom stereocenters. The molecule has 84 valence electrons. The quantitative estimate of drug-likeness (QED) is 0.646. The lowest BCUT2D eigenvalue weighted by Crippen LogP contribution is -2.17. The lowest BCUT2D eigenvalue weighted by Gasteiger charge is -2.21. The van der Waals surface area contributed by atoms with Crippen molar-refractivity contribution in [2.45, 2.75) is 40.3 Å². The number of rotatable bonds is 6. The summed E-state index contributed by atoms with van der Waals surface area (Å²) in [6.07, 6.45) is 0.0795. The Labute approximate surface area is 86.7 Å². The first kappa shape index (κ1) is 13.9. The maximum Gasteiger partial charge on any atom is 0.212 e. The van der Waals surface area contributed by atoms with Gasteiger partial charge in [-0.15, -0.1) is 0 Å². The van der Waals surface area contributed by atoms with Gasteiger partial charge >= 0.3 is 0 Å². The van der Waals surface area contributed by atoms with E-state index in [9.17, 15) is 9.36 Å². The molecule has 0 bridgehead atoms. The Morgan fingerprint density at radius 1 is 1.29 bits per heavy atom. The van der Waals surface area contributed by atoms with Gasteiger partial charge in [0.15, 0.2) is 0 Å². The van der Waals surface area contributed by atoms with Crippen LogP contribution in [0.2, 0.25) is 0 Å². The van der Waals surface area contributed by atoms with Gasteiger partial charge in [-0.05, 0) is 6.92 Å². The van der Waals surface area contributed by atoms with E-state index in [4.69, 9.17) is 4.52 Å². The Hall–Kier alpha value is -0.140. The third-order valence-corrected chi connectivity index (χ3v) is 5.18. The van der Waals surface area contributed by atoms with Crippen molar-refractivity contribution in [3.05, 3.63) is 0 Å². The van der Waals surface area contributed by atoms with Crippen LogP contribution in [0.1, 0.15) is 34.6 Å². The Kier molecular flexibility index (Phi) is 5.61. The van der Waals surface area contributed by atoms with E-state index < -0.39 is 7.37 Å². The van der Waals surface area contributed by atoms with E-state index >= 15 is 0 Å². The van der Waals surface area contributed by atoms with Gasteiger partial charge in [-0.1, -0.05) is 27.7 Å². The Morgan fingerprint density at radius 2 is 1.79 bits per heavy atom. The molecule has 0 saturated carbocycles. The summed E-state index contributed by atoms with van der Waals surface area (Å²) in [6.45, 7) is 9.52. The number of carbonyl (C=O) groups excluding carboxylic acids is 1. The molecule has 0 aliphatic carbocycles. The number of carbonyl (C=O) groups is 1. The van der Waals surface area contributed by atoms with Crippen LogP contribution in [0.15, 0.2) is 0 Å². The predicted octanol–water partition coefficient (Wildman–Crippen LogP) is 2.93. The molecule has 0 heterocycles. The highest BCUT2D eigenvalue weighted by Gasteiger charge is 2.30. The fourth-order valence-corrected chi connectivity index (χ4v) is 2.99. The van der Waals surface area contributed by atoms with E-state index in [2.05, 4.69) is 0 Å². The number of hydrogen-bond donors (Lipinski definition) is 0. The van der Waals surface area contributed by atoms with Crippen molar-refractivity contribution >= 4 is 13.2 Å². The lowest BCUT2D eigenvalue weighted by molar-refractivity contribution is -0.119. The number of Topliss-reactive ketones (excluding diaryl/α,β-unsaturated/α-hetero) is 1. The average molecular weight is 220 g/mol. The van der Waals surface area contributed by atoms with Gasteiger partial charge in [-0.3, -0.25) is 9.36 Å². The zero-order valence-electron chi connectivity index (χ0n) is 9.74. The maximum absolute atomic E-state index is 12.2. The minimum absolute atomic E-state index is 0.0236. The summed E-state index contributed by atoms with van der Waals surface area (Å²) in [6, 6.07) is 0. The molecule has 0 spiro atoms. The van der Waals surface area contributed by atoms with Crippen molar-refractivity contribution in [2.24, 2.45) is 5.92 Å². The third-order valence-electron chi connectivity index (χ3n) is 2.15. The van der Waals surface area contributed by atoms with Gasteiger partial charge in [-0.2, -0.15) is 0 Å². The highest BCUT2D eigenvalue weighted by atomic mass is 31.2. The summed E-state index contributed by atoms with van der Waals surface area (Å²) in [5.41, 5.74) is -0.0786. The smallest absolute Gasteiger partial charge is 0.212 e. The molecule has 0 aromatic rings. The van der Waals surface area contributed by atoms with E-state index in [0.29, 0.717) is 6.61 Å². The summed E-state index contributed by atoms with van der Waals surface area (Å²) in [7, 11) is -2.75. The fourth-order valence-electron chi connectivity index (χ4n) is 0.996. The summed E-state index contributed by atoms with van der Waals surface area (Å²) >= 11 is 0. The van der Waals surface area contributed by atoms with Crippen LogP contribution in [0.25, 0.3) is 0 Å². The highest BCUT2D eigenvalue weighted by molar-refractivity contribution is 7.60. The molecule has 0 aliphatic rings. The molecule has 0 rings (SSSR count). The van der Waals surface area contributed by atoms with Gasteiger partial charge in [0.05, 0.1) is 12.8 Å². The van der Waals surface area contributed by atoms with Crippen LogP contribution in [0.3, 0.4) is 0 Å². The Balaban J connectivity index is 4.53. The molecule has 3 nitrogen and oxygen atoms in total. The largest absolute Gasteiger partial charge is 0.328 e. The van der Waals surface area contributed by atoms with Gasteiger partial charge in [0.1, 0.15) is 5.78 Å². The summed E-state index contributed by atoms with van der Waals surface area (Å²) in [5.74, 6) is -0.0435. The summed E-state index contributed by atoms with van der Waals surface area (Å²) < 4.78 is 17.4. The Bertz CT molecular complexity index is 234. The second-order valence-corrected chi connectivity index (χ2v) is 7.08. The van der Waals surface area contributed by atoms with Crippen molar-refractivity contribution in [1.82, 2.24) is 0 Å². The zero-order valence-corrected chi connectivity index (χ0v) is 10.6. The van der Waals surface area contributed by atoms with Crippen LogP contribution < -0.4 is 0 Å². The lowest BCUT2D eigenvalue weighted by atomic mass is 10.1. The number of hydrogen-bond acceptors (Lipinski definition) is 3. The van der Waals surface area contributed by atoms with Crippen LogP contribution in [0.4, 0.5) is 0 Å². The van der Waals surface area contributed by atoms with E-state index in [1.165, 1.54) is 0 Å². The Morgan fingerprint density at radius 3 is 2.07 bits per heavy atom. The van der Waals surface area contributed by atoms with Gasteiger partial charge < -0.3 is 4.52 Å². The van der Waals surface area contributed by atoms with Crippen molar-refractivity contribution < 1.29 is 13.9 Å². The molecule has 0 saturated heterocycles. The van der Waals surface area contributed by atoms with E-state index in [-0.39, 0.29) is 23.5 Å². The fraction of sp³-hybridized carbons (Fsp3) is 0.900. The second-order valence-electron chi connectivity index (χ2n) is 4.02. The summed E-state index contributed by atoms with van der Waals surface area (Å²) in [4.78, 5) is 11.5. The molecule has 0 N–H and O–H groups in total. The molecule has 0 aliphatic heterocycles. The van der Waals surface area contributed by atoms with Gasteiger partial charge in [-0.25, -0.2) is 0 Å². The first-order chi connectivity index (χ1) is 6.33. The monoisotopic (exact) mass is 220 g/mol. The normalized spacial score (nSPS) is 15.9. The molecule has 4 heteroatoms. The molecule has 0 amide bonds. The average Bonchev–Trinajstić information content (AvgIpc) is 2.03. The van der Waals surface area contributed by atoms with Crippen LogP contribution in [0, 0.1) is 5.92 Å². The molecule has 14 heavy (non-hydrogen) atoms. The van der Waals surface area contributed by atoms with Gasteiger partial charge in [0.25, 0.3) is 0 Å². The number of ketones is 1. The molecule has 1 atom stereocenters. The van der Waals surface area contributed by atoms with Crippen molar-refractivity contribution in [1.29, 1.82) is 0 Å². The van der Waals surface area contributed by atoms with Gasteiger partial charge in [0, 0.05) is 11.6 Å². The third kappa shape index (κ3) is 3.93. The summed E-state index contributed by atoms with van der Waals surface area (Å²) in [5, 5.41) is 0. The van der Waals surface area contributed by atoms with Crippen molar-refractivity contribution in [2.75, 3.05) is 12.8 Å². The highest BCUT2D eigenvalue weighted by Crippen LogP contribution is 2.51. The van der Waals surface area contributed by atoms with E-state index in [1.807, 2.05) is 27.7 Å². The van der Waals surface area contributed by atoms with Crippen molar-refractivity contribution in [3.63, 3.8) is 0 Å². The van der Waals surface area contributed by atoms with Gasteiger partial charge in [0.2, 0.25) is 7.37 Å². The minimum atomic E-state index is -2.75. The molecule has 0 radical (unpaired) electrons. The molecule has 0 aromatic carbocycles. The van der Waals surface area contributed by atoms with Crippen LogP contribution in [-0.2, 0) is 13.9 Å². The topological polar surface area (TPSA) is 43.4 Å². The van der Waals surface area contributed by atoms with Crippen LogP contribution in [-0.4, -0.2) is 24.2 Å². The second kappa shape index (κ2) is 5.67. The molecule has 0 aromatic heterocycles. The standard InChI is InChI=1S/C10H21O3P/c1-6-13-14(12,9(4)5)7-10(11)8(2)3/h8-9H,6-7H2,1-5H3. The molecular weight excluding hydrogens is 199 g/mol. The molecule has 0 fully saturated rings. The van der Waals surface area contributed by atoms with E-state index in [0.717, 1.165) is 0 Å². The zero-order chi connectivity index (χ0) is 11.4. The van der Waals surface area contributed by atoms with Crippen LogP contribution in [0.5, 0.6) is 0 Å². The molecular formula is C10H21O3P. The van der Waals surface area contributed by atoms with E-state index in [1.54, 1.807) is 6.92 Å².